The van der Waals surface area contributed by atoms with Gasteiger partial charge in [0.1, 0.15) is 5.75 Å². The van der Waals surface area contributed by atoms with Crippen molar-refractivity contribution in [2.45, 2.75) is 65.3 Å². The van der Waals surface area contributed by atoms with Gasteiger partial charge in [-0.05, 0) is 90.4 Å². The highest BCUT2D eigenvalue weighted by atomic mass is 32.2. The van der Waals surface area contributed by atoms with E-state index in [1.54, 1.807) is 7.11 Å². The number of carbonyl (C=O) groups is 1. The number of para-hydroxylation sites is 1. The maximum absolute atomic E-state index is 13.7. The second kappa shape index (κ2) is 10.2. The molecular formula is C28H34N2O2S. The third-order valence-electron chi connectivity index (χ3n) is 6.74. The molecule has 1 aliphatic heterocycles. The maximum atomic E-state index is 13.7. The standard InChI is InChI=1S/C28H34N2O2S/c1-18(2)23-16-21(20(4)15-25(23)32-5)17-26-27(31)30(24-14-10-9-11-19(24)3)28(33-26)29-22-12-7-6-8-13-22/h6-8,12-13,15-19,24H,9-11,14H2,1-5H3/b26-17-,29-28?/t19-,24+/m1/s1. The predicted octanol–water partition coefficient (Wildman–Crippen LogP) is 7.31. The average Bonchev–Trinajstić information content (AvgIpc) is 3.10. The molecule has 2 atom stereocenters. The Bertz CT molecular complexity index is 1070. The highest BCUT2D eigenvalue weighted by Gasteiger charge is 2.41. The Morgan fingerprint density at radius 1 is 1.15 bits per heavy atom. The van der Waals surface area contributed by atoms with Gasteiger partial charge in [0, 0.05) is 6.04 Å². The number of nitrogens with zero attached hydrogens (tertiary/aromatic N) is 2. The van der Waals surface area contributed by atoms with Crippen molar-refractivity contribution in [2.24, 2.45) is 10.9 Å². The summed E-state index contributed by atoms with van der Waals surface area (Å²) in [6, 6.07) is 14.4. The molecule has 1 amide bonds. The van der Waals surface area contributed by atoms with E-state index in [0.29, 0.717) is 11.8 Å². The van der Waals surface area contributed by atoms with Crippen molar-refractivity contribution in [2.75, 3.05) is 7.11 Å². The zero-order valence-corrected chi connectivity index (χ0v) is 21.1. The zero-order valence-electron chi connectivity index (χ0n) is 20.3. The fourth-order valence-corrected chi connectivity index (χ4v) is 5.83. The van der Waals surface area contributed by atoms with Crippen LogP contribution in [-0.4, -0.2) is 29.1 Å². The number of aryl methyl sites for hydroxylation is 1. The number of rotatable bonds is 5. The lowest BCUT2D eigenvalue weighted by Crippen LogP contribution is -2.44. The van der Waals surface area contributed by atoms with Crippen LogP contribution in [0.25, 0.3) is 6.08 Å². The van der Waals surface area contributed by atoms with Crippen LogP contribution in [0.2, 0.25) is 0 Å². The van der Waals surface area contributed by atoms with Crippen LogP contribution in [0.1, 0.15) is 69.1 Å². The molecule has 1 saturated carbocycles. The first-order valence-corrected chi connectivity index (χ1v) is 12.8. The lowest BCUT2D eigenvalue weighted by Gasteiger charge is -2.35. The molecular weight excluding hydrogens is 428 g/mol. The molecule has 2 aliphatic rings. The molecule has 174 valence electrons. The van der Waals surface area contributed by atoms with Crippen LogP contribution >= 0.6 is 11.8 Å². The zero-order chi connectivity index (χ0) is 23.5. The predicted molar refractivity (Wildman–Crippen MR) is 139 cm³/mol. The summed E-state index contributed by atoms with van der Waals surface area (Å²) < 4.78 is 5.61. The molecule has 2 aromatic carbocycles. The highest BCUT2D eigenvalue weighted by Crippen LogP contribution is 2.41. The first kappa shape index (κ1) is 23.6. The van der Waals surface area contributed by atoms with Crippen molar-refractivity contribution < 1.29 is 9.53 Å². The van der Waals surface area contributed by atoms with E-state index in [4.69, 9.17) is 9.73 Å². The van der Waals surface area contributed by atoms with E-state index in [0.717, 1.165) is 57.5 Å². The van der Waals surface area contributed by atoms with Gasteiger partial charge in [0.2, 0.25) is 0 Å². The van der Waals surface area contributed by atoms with Crippen molar-refractivity contribution in [3.05, 3.63) is 64.1 Å². The third kappa shape index (κ3) is 5.03. The minimum atomic E-state index is 0.0785. The first-order chi connectivity index (χ1) is 15.9. The number of thioether (sulfide) groups is 1. The van der Waals surface area contributed by atoms with Gasteiger partial charge in [-0.2, -0.15) is 0 Å². The van der Waals surface area contributed by atoms with Crippen molar-refractivity contribution in [1.82, 2.24) is 4.90 Å². The van der Waals surface area contributed by atoms with E-state index in [2.05, 4.69) is 39.8 Å². The summed E-state index contributed by atoms with van der Waals surface area (Å²) in [6.07, 6.45) is 6.64. The molecule has 1 aliphatic carbocycles. The van der Waals surface area contributed by atoms with Gasteiger partial charge in [-0.1, -0.05) is 51.8 Å². The van der Waals surface area contributed by atoms with Crippen molar-refractivity contribution in [3.8, 4) is 5.75 Å². The highest BCUT2D eigenvalue weighted by molar-refractivity contribution is 8.18. The van der Waals surface area contributed by atoms with Crippen molar-refractivity contribution in [1.29, 1.82) is 0 Å². The van der Waals surface area contributed by atoms with E-state index in [-0.39, 0.29) is 11.9 Å². The van der Waals surface area contributed by atoms with Gasteiger partial charge in [0.25, 0.3) is 5.91 Å². The van der Waals surface area contributed by atoms with E-state index < -0.39 is 0 Å². The molecule has 0 spiro atoms. The summed E-state index contributed by atoms with van der Waals surface area (Å²) in [7, 11) is 1.71. The second-order valence-electron chi connectivity index (χ2n) is 9.45. The summed E-state index contributed by atoms with van der Waals surface area (Å²) >= 11 is 1.50. The number of methoxy groups -OCH3 is 1. The molecule has 0 bridgehead atoms. The van der Waals surface area contributed by atoms with Crippen LogP contribution in [0.4, 0.5) is 5.69 Å². The number of benzene rings is 2. The van der Waals surface area contributed by atoms with E-state index >= 15 is 0 Å². The van der Waals surface area contributed by atoms with Crippen LogP contribution in [-0.2, 0) is 4.79 Å². The van der Waals surface area contributed by atoms with Crippen molar-refractivity contribution in [3.63, 3.8) is 0 Å². The molecule has 0 radical (unpaired) electrons. The molecule has 0 aromatic heterocycles. The summed E-state index contributed by atoms with van der Waals surface area (Å²) in [5, 5.41) is 0.798. The van der Waals surface area contributed by atoms with Gasteiger partial charge in [0.15, 0.2) is 5.17 Å². The Labute approximate surface area is 202 Å². The van der Waals surface area contributed by atoms with Gasteiger partial charge < -0.3 is 4.74 Å². The van der Waals surface area contributed by atoms with Crippen LogP contribution < -0.4 is 4.74 Å². The van der Waals surface area contributed by atoms with E-state index in [9.17, 15) is 4.79 Å². The Morgan fingerprint density at radius 2 is 1.88 bits per heavy atom. The van der Waals surface area contributed by atoms with Crippen LogP contribution in [0.15, 0.2) is 52.4 Å². The molecule has 4 rings (SSSR count). The fraction of sp³-hybridized carbons (Fsp3) is 0.429. The number of ether oxygens (including phenoxy) is 1. The van der Waals surface area contributed by atoms with Gasteiger partial charge >= 0.3 is 0 Å². The Kier molecular flexibility index (Phi) is 7.28. The Morgan fingerprint density at radius 3 is 2.55 bits per heavy atom. The van der Waals surface area contributed by atoms with Gasteiger partial charge in [-0.25, -0.2) is 4.99 Å². The van der Waals surface area contributed by atoms with Gasteiger partial charge in [-0.15, -0.1) is 0 Å². The van der Waals surface area contributed by atoms with Gasteiger partial charge in [-0.3, -0.25) is 9.69 Å². The van der Waals surface area contributed by atoms with Crippen LogP contribution in [0.3, 0.4) is 0 Å². The molecule has 2 aromatic rings. The number of amides is 1. The fourth-order valence-electron chi connectivity index (χ4n) is 4.79. The topological polar surface area (TPSA) is 41.9 Å². The summed E-state index contributed by atoms with van der Waals surface area (Å²) in [6.45, 7) is 8.67. The number of amidine groups is 1. The molecule has 2 fully saturated rings. The van der Waals surface area contributed by atoms with Crippen LogP contribution in [0, 0.1) is 12.8 Å². The average molecular weight is 463 g/mol. The number of carbonyl (C=O) groups excluding carboxylic acids is 1. The first-order valence-electron chi connectivity index (χ1n) is 11.9. The monoisotopic (exact) mass is 462 g/mol. The summed E-state index contributed by atoms with van der Waals surface area (Å²) in [5.74, 6) is 1.78. The van der Waals surface area contributed by atoms with Crippen LogP contribution in [0.5, 0.6) is 5.75 Å². The second-order valence-corrected chi connectivity index (χ2v) is 10.5. The molecule has 4 nitrogen and oxygen atoms in total. The third-order valence-corrected chi connectivity index (χ3v) is 7.73. The largest absolute Gasteiger partial charge is 0.496 e. The lowest BCUT2D eigenvalue weighted by molar-refractivity contribution is -0.124. The number of hydrogen-bond acceptors (Lipinski definition) is 4. The summed E-state index contributed by atoms with van der Waals surface area (Å²) in [5.41, 5.74) is 4.20. The minimum Gasteiger partial charge on any atom is -0.496 e. The molecule has 5 heteroatoms. The normalized spacial score (nSPS) is 23.7. The molecule has 0 N–H and O–H groups in total. The Balaban J connectivity index is 1.76. The van der Waals surface area contributed by atoms with Crippen molar-refractivity contribution >= 4 is 34.6 Å². The summed E-state index contributed by atoms with van der Waals surface area (Å²) in [4.78, 5) is 21.4. The quantitative estimate of drug-likeness (QED) is 0.438. The maximum Gasteiger partial charge on any atom is 0.267 e. The number of hydrogen-bond donors (Lipinski definition) is 0. The number of aliphatic imine (C=N–C) groups is 1. The smallest absolute Gasteiger partial charge is 0.267 e. The van der Waals surface area contributed by atoms with Gasteiger partial charge in [0.05, 0.1) is 17.7 Å². The molecule has 33 heavy (non-hydrogen) atoms. The Hall–Kier alpha value is -2.53. The lowest BCUT2D eigenvalue weighted by atomic mass is 9.85. The molecule has 0 unspecified atom stereocenters. The minimum absolute atomic E-state index is 0.0785. The molecule has 1 heterocycles. The van der Waals surface area contributed by atoms with E-state index in [1.165, 1.54) is 18.2 Å². The molecule has 1 saturated heterocycles. The van der Waals surface area contributed by atoms with E-state index in [1.807, 2.05) is 41.3 Å². The SMILES string of the molecule is COc1cc(C)c(/C=C2\SC(=Nc3ccccc3)N([C@H]3CCCC[C@H]3C)C2=O)cc1C(C)C.